The number of benzene rings is 1. The molecule has 0 aliphatic carbocycles. The Morgan fingerprint density at radius 2 is 1.93 bits per heavy atom. The number of imidazole rings is 1. The fourth-order valence-electron chi connectivity index (χ4n) is 5.95. The van der Waals surface area contributed by atoms with E-state index in [0.717, 1.165) is 36.6 Å². The summed E-state index contributed by atoms with van der Waals surface area (Å²) < 4.78 is 2.03. The number of carbonyl (C=O) groups excluding carboxylic acids is 1. The van der Waals surface area contributed by atoms with Crippen LogP contribution in [0.5, 0.6) is 0 Å². The number of amides is 1. The van der Waals surface area contributed by atoms with E-state index in [1.165, 1.54) is 37.1 Å². The smallest absolute Gasteiger partial charge is 0.223 e. The Labute approximate surface area is 177 Å². The Balaban J connectivity index is 1.34. The minimum absolute atomic E-state index is 0.0229. The number of aromatic nitrogens is 2. The van der Waals surface area contributed by atoms with E-state index in [2.05, 4.69) is 57.4 Å². The number of hydrogen-bond donors (Lipinski definition) is 0. The average molecular weight is 401 g/mol. The second kappa shape index (κ2) is 7.24. The Kier molecular flexibility index (Phi) is 4.38. The van der Waals surface area contributed by atoms with Crippen molar-refractivity contribution in [3.63, 3.8) is 0 Å². The zero-order chi connectivity index (χ0) is 20.1. The van der Waals surface area contributed by atoms with Gasteiger partial charge in [-0.1, -0.05) is 24.3 Å². The van der Waals surface area contributed by atoms with E-state index in [9.17, 15) is 4.79 Å². The molecule has 0 spiro atoms. The summed E-state index contributed by atoms with van der Waals surface area (Å²) in [4.78, 5) is 22.8. The average Bonchev–Trinajstić information content (AvgIpc) is 3.27. The summed E-state index contributed by atoms with van der Waals surface area (Å²) in [6, 6.07) is 12.9. The largest absolute Gasteiger partial charge is 0.331 e. The summed E-state index contributed by atoms with van der Waals surface area (Å²) in [6.07, 6.45) is 10.00. The Morgan fingerprint density at radius 1 is 1.07 bits per heavy atom. The molecule has 0 saturated carbocycles. The molecule has 2 bridgehead atoms. The number of fused-ring (bicyclic) bond motifs is 5. The first-order valence-corrected chi connectivity index (χ1v) is 11.3. The molecular weight excluding hydrogens is 372 g/mol. The van der Waals surface area contributed by atoms with Crippen LogP contribution in [0, 0.1) is 11.8 Å². The third-order valence-corrected chi connectivity index (χ3v) is 7.57. The van der Waals surface area contributed by atoms with Gasteiger partial charge < -0.3 is 14.2 Å². The third-order valence-electron chi connectivity index (χ3n) is 7.57. The molecule has 5 nitrogen and oxygen atoms in total. The van der Waals surface area contributed by atoms with Crippen LogP contribution in [0.25, 0.3) is 5.65 Å². The van der Waals surface area contributed by atoms with Crippen molar-refractivity contribution in [1.82, 2.24) is 19.2 Å². The lowest BCUT2D eigenvalue weighted by Gasteiger charge is -2.46. The van der Waals surface area contributed by atoms with E-state index >= 15 is 0 Å². The molecule has 4 aliphatic heterocycles. The van der Waals surface area contributed by atoms with Crippen LogP contribution in [0.3, 0.4) is 0 Å². The molecule has 3 saturated heterocycles. The highest BCUT2D eigenvalue weighted by Crippen LogP contribution is 2.39. The van der Waals surface area contributed by atoms with Crippen LogP contribution in [-0.2, 0) is 11.2 Å². The van der Waals surface area contributed by atoms with E-state index in [1.807, 2.05) is 16.8 Å². The fourth-order valence-corrected chi connectivity index (χ4v) is 5.95. The first-order chi connectivity index (χ1) is 14.8. The maximum Gasteiger partial charge on any atom is 0.223 e. The van der Waals surface area contributed by atoms with Gasteiger partial charge in [0.1, 0.15) is 5.65 Å². The molecule has 5 heteroatoms. The summed E-state index contributed by atoms with van der Waals surface area (Å²) in [7, 11) is 0. The van der Waals surface area contributed by atoms with Gasteiger partial charge in [-0.3, -0.25) is 4.79 Å². The van der Waals surface area contributed by atoms with Gasteiger partial charge in [0.05, 0.1) is 6.04 Å². The number of hydrogen-bond acceptors (Lipinski definition) is 3. The van der Waals surface area contributed by atoms with Crippen LogP contribution < -0.4 is 0 Å². The Hall–Kier alpha value is -2.66. The molecular formula is C25H28N4O. The molecule has 0 radical (unpaired) electrons. The number of carbonyl (C=O) groups is 1. The van der Waals surface area contributed by atoms with E-state index < -0.39 is 0 Å². The highest BCUT2D eigenvalue weighted by Gasteiger charge is 2.38. The van der Waals surface area contributed by atoms with E-state index in [1.54, 1.807) is 0 Å². The van der Waals surface area contributed by atoms with Crippen molar-refractivity contribution in [3.8, 4) is 0 Å². The second-order valence-electron chi connectivity index (χ2n) is 9.19. The summed E-state index contributed by atoms with van der Waals surface area (Å²) >= 11 is 0. The van der Waals surface area contributed by atoms with Gasteiger partial charge in [-0.25, -0.2) is 4.98 Å². The summed E-state index contributed by atoms with van der Waals surface area (Å²) in [5.74, 6) is 1.57. The molecule has 4 aliphatic rings. The summed E-state index contributed by atoms with van der Waals surface area (Å²) in [5, 5.41) is 0. The van der Waals surface area contributed by atoms with Crippen molar-refractivity contribution in [2.24, 2.45) is 11.8 Å². The van der Waals surface area contributed by atoms with Crippen LogP contribution in [0.2, 0.25) is 0 Å². The zero-order valence-electron chi connectivity index (χ0n) is 17.3. The molecule has 0 N–H and O–H groups in total. The van der Waals surface area contributed by atoms with Crippen molar-refractivity contribution in [2.45, 2.75) is 31.7 Å². The minimum atomic E-state index is -0.0229. The SMILES string of the molecule is O=C(C[C@@H]1CN2CCC1CC2)N1CCc2ccccc2[C@@H]1c1ccn2ccnc2c1. The van der Waals surface area contributed by atoms with Crippen LogP contribution in [0.1, 0.15) is 42.0 Å². The second-order valence-corrected chi connectivity index (χ2v) is 9.19. The van der Waals surface area contributed by atoms with Crippen molar-refractivity contribution < 1.29 is 4.79 Å². The summed E-state index contributed by atoms with van der Waals surface area (Å²) in [6.45, 7) is 4.34. The first-order valence-electron chi connectivity index (χ1n) is 11.3. The lowest BCUT2D eigenvalue weighted by Crippen LogP contribution is -2.49. The molecule has 3 fully saturated rings. The highest BCUT2D eigenvalue weighted by atomic mass is 16.2. The van der Waals surface area contributed by atoms with Gasteiger partial charge in [0.25, 0.3) is 0 Å². The standard InChI is InChI=1S/C25H28N4O/c30-24(16-21-17-27-10-5-18(21)6-11-27)29-13-8-19-3-1-2-4-22(19)25(29)20-7-12-28-14-9-26-23(28)15-20/h1-4,7,9,12,14-15,18,21,25H,5-6,8,10-11,13,16-17H2/t21-,25+/m1/s1. The number of rotatable bonds is 3. The van der Waals surface area contributed by atoms with Gasteiger partial charge in [-0.15, -0.1) is 0 Å². The van der Waals surface area contributed by atoms with E-state index in [0.29, 0.717) is 18.2 Å². The summed E-state index contributed by atoms with van der Waals surface area (Å²) in [5.41, 5.74) is 4.71. The highest BCUT2D eigenvalue weighted by molar-refractivity contribution is 5.78. The van der Waals surface area contributed by atoms with Gasteiger partial charge in [0.2, 0.25) is 5.91 Å². The van der Waals surface area contributed by atoms with Gasteiger partial charge >= 0.3 is 0 Å². The van der Waals surface area contributed by atoms with Crippen LogP contribution in [0.4, 0.5) is 0 Å². The van der Waals surface area contributed by atoms with Crippen LogP contribution >= 0.6 is 0 Å². The lowest BCUT2D eigenvalue weighted by atomic mass is 9.77. The molecule has 0 unspecified atom stereocenters. The maximum atomic E-state index is 13.6. The first kappa shape index (κ1) is 18.1. The Bertz CT molecular complexity index is 1080. The fraction of sp³-hybridized carbons (Fsp3) is 0.440. The van der Waals surface area contributed by atoms with Crippen LogP contribution in [0.15, 0.2) is 55.0 Å². The number of pyridine rings is 1. The molecule has 2 aromatic heterocycles. The van der Waals surface area contributed by atoms with Crippen LogP contribution in [-0.4, -0.2) is 51.3 Å². The predicted molar refractivity (Wildman–Crippen MR) is 116 cm³/mol. The van der Waals surface area contributed by atoms with Gasteiger partial charge in [0, 0.05) is 38.1 Å². The van der Waals surface area contributed by atoms with Gasteiger partial charge in [0.15, 0.2) is 0 Å². The third kappa shape index (κ3) is 3.03. The molecule has 1 amide bonds. The lowest BCUT2D eigenvalue weighted by molar-refractivity contribution is -0.136. The monoisotopic (exact) mass is 400 g/mol. The Morgan fingerprint density at radius 3 is 2.77 bits per heavy atom. The predicted octanol–water partition coefficient (Wildman–Crippen LogP) is 3.54. The van der Waals surface area contributed by atoms with Gasteiger partial charge in [-0.05, 0) is 73.0 Å². The zero-order valence-corrected chi connectivity index (χ0v) is 17.3. The molecule has 2 atom stereocenters. The van der Waals surface area contributed by atoms with Crippen molar-refractivity contribution in [1.29, 1.82) is 0 Å². The normalized spacial score (nSPS) is 27.9. The molecule has 30 heavy (non-hydrogen) atoms. The molecule has 3 aromatic rings. The van der Waals surface area contributed by atoms with Crippen molar-refractivity contribution >= 4 is 11.6 Å². The molecule has 154 valence electrons. The number of piperidine rings is 3. The number of nitrogens with zero attached hydrogens (tertiary/aromatic N) is 4. The molecule has 6 heterocycles. The van der Waals surface area contributed by atoms with Gasteiger partial charge in [-0.2, -0.15) is 0 Å². The van der Waals surface area contributed by atoms with Crippen molar-refractivity contribution in [3.05, 3.63) is 71.7 Å². The minimum Gasteiger partial charge on any atom is -0.331 e. The topological polar surface area (TPSA) is 40.9 Å². The maximum absolute atomic E-state index is 13.6. The van der Waals surface area contributed by atoms with E-state index in [4.69, 9.17) is 0 Å². The molecule has 1 aromatic carbocycles. The van der Waals surface area contributed by atoms with E-state index in [-0.39, 0.29) is 6.04 Å². The quantitative estimate of drug-likeness (QED) is 0.675. The van der Waals surface area contributed by atoms with Crippen molar-refractivity contribution in [2.75, 3.05) is 26.2 Å². The molecule has 7 rings (SSSR count).